The summed E-state index contributed by atoms with van der Waals surface area (Å²) in [5, 5.41) is 0. The molecular formula is C4H6F2O3S. The standard InChI is InChI=1S/C4H6F2O3S/c5-3-1-2-4(6)10(7,8)9-3/h3-4H,1-2H2. The molecule has 0 aromatic rings. The first-order chi connectivity index (χ1) is 4.52. The third-order valence-corrected chi connectivity index (χ3v) is 2.51. The highest BCUT2D eigenvalue weighted by Crippen LogP contribution is 2.23. The summed E-state index contributed by atoms with van der Waals surface area (Å²) in [6.07, 6.45) is -2.37. The van der Waals surface area contributed by atoms with Crippen molar-refractivity contribution in [3.8, 4) is 0 Å². The fourth-order valence-corrected chi connectivity index (χ4v) is 1.59. The van der Waals surface area contributed by atoms with Gasteiger partial charge in [-0.05, 0) is 0 Å². The molecule has 1 heterocycles. The Hall–Kier alpha value is -0.230. The van der Waals surface area contributed by atoms with E-state index in [1.807, 2.05) is 0 Å². The Morgan fingerprint density at radius 2 is 1.90 bits per heavy atom. The van der Waals surface area contributed by atoms with E-state index in [1.54, 1.807) is 0 Å². The minimum absolute atomic E-state index is 0.194. The maximum absolute atomic E-state index is 12.3. The van der Waals surface area contributed by atoms with Gasteiger partial charge in [-0.25, -0.2) is 13.0 Å². The van der Waals surface area contributed by atoms with Gasteiger partial charge in [-0.3, -0.25) is 0 Å². The molecule has 0 spiro atoms. The van der Waals surface area contributed by atoms with Crippen LogP contribution in [0.5, 0.6) is 0 Å². The van der Waals surface area contributed by atoms with Crippen molar-refractivity contribution in [1.29, 1.82) is 0 Å². The Morgan fingerprint density at radius 3 is 2.30 bits per heavy atom. The molecule has 2 unspecified atom stereocenters. The summed E-state index contributed by atoms with van der Waals surface area (Å²) in [6, 6.07) is 0. The summed E-state index contributed by atoms with van der Waals surface area (Å²) in [5.74, 6) is 0. The molecular weight excluding hydrogens is 166 g/mol. The number of rotatable bonds is 0. The molecule has 0 radical (unpaired) electrons. The normalized spacial score (nSPS) is 39.4. The molecule has 0 saturated carbocycles. The highest BCUT2D eigenvalue weighted by atomic mass is 32.2. The van der Waals surface area contributed by atoms with Crippen molar-refractivity contribution >= 4 is 10.1 Å². The van der Waals surface area contributed by atoms with E-state index >= 15 is 0 Å². The van der Waals surface area contributed by atoms with Crippen molar-refractivity contribution in [2.45, 2.75) is 24.7 Å². The lowest BCUT2D eigenvalue weighted by Crippen LogP contribution is -2.29. The fourth-order valence-electron chi connectivity index (χ4n) is 0.660. The summed E-state index contributed by atoms with van der Waals surface area (Å²) in [4.78, 5) is 0. The zero-order chi connectivity index (χ0) is 7.78. The Balaban J connectivity index is 2.74. The summed E-state index contributed by atoms with van der Waals surface area (Å²) in [6.45, 7) is 0. The van der Waals surface area contributed by atoms with Crippen LogP contribution in [0.1, 0.15) is 12.8 Å². The van der Waals surface area contributed by atoms with Gasteiger partial charge in [0.25, 0.3) is 0 Å². The van der Waals surface area contributed by atoms with Gasteiger partial charge in [0.15, 0.2) is 0 Å². The second-order valence-corrected chi connectivity index (χ2v) is 3.68. The summed E-state index contributed by atoms with van der Waals surface area (Å²) < 4.78 is 48.8. The van der Waals surface area contributed by atoms with Crippen LogP contribution in [0.4, 0.5) is 8.78 Å². The molecule has 2 atom stereocenters. The summed E-state index contributed by atoms with van der Waals surface area (Å²) in [7, 11) is -4.25. The van der Waals surface area contributed by atoms with E-state index in [4.69, 9.17) is 0 Å². The molecule has 1 saturated heterocycles. The molecule has 0 amide bonds. The van der Waals surface area contributed by atoms with Crippen LogP contribution in [0, 0.1) is 0 Å². The van der Waals surface area contributed by atoms with Crippen molar-refractivity contribution < 1.29 is 21.4 Å². The van der Waals surface area contributed by atoms with E-state index in [0.717, 1.165) is 0 Å². The van der Waals surface area contributed by atoms with Crippen LogP contribution in [0.15, 0.2) is 0 Å². The molecule has 0 N–H and O–H groups in total. The monoisotopic (exact) mass is 172 g/mol. The highest BCUT2D eigenvalue weighted by molar-refractivity contribution is 7.87. The number of halogens is 2. The van der Waals surface area contributed by atoms with Crippen LogP contribution in [0.25, 0.3) is 0 Å². The smallest absolute Gasteiger partial charge is 0.231 e. The molecule has 10 heavy (non-hydrogen) atoms. The first kappa shape index (κ1) is 7.87. The van der Waals surface area contributed by atoms with E-state index in [1.165, 1.54) is 0 Å². The Kier molecular flexibility index (Phi) is 1.91. The van der Waals surface area contributed by atoms with Crippen LogP contribution in [-0.4, -0.2) is 20.3 Å². The van der Waals surface area contributed by atoms with E-state index < -0.39 is 22.0 Å². The molecule has 0 aromatic heterocycles. The molecule has 1 rings (SSSR count). The maximum atomic E-state index is 12.3. The van der Waals surface area contributed by atoms with E-state index in [-0.39, 0.29) is 12.8 Å². The molecule has 3 nitrogen and oxygen atoms in total. The summed E-state index contributed by atoms with van der Waals surface area (Å²) >= 11 is 0. The maximum Gasteiger partial charge on any atom is 0.302 e. The molecule has 0 aliphatic carbocycles. The minimum atomic E-state index is -4.25. The van der Waals surface area contributed by atoms with Crippen molar-refractivity contribution in [1.82, 2.24) is 0 Å². The SMILES string of the molecule is O=S1(=O)OC(F)CCC1F. The van der Waals surface area contributed by atoms with Crippen molar-refractivity contribution in [2.75, 3.05) is 0 Å². The second-order valence-electron chi connectivity index (χ2n) is 1.99. The van der Waals surface area contributed by atoms with Crippen LogP contribution < -0.4 is 0 Å². The van der Waals surface area contributed by atoms with Gasteiger partial charge in [0, 0.05) is 12.8 Å². The highest BCUT2D eigenvalue weighted by Gasteiger charge is 2.35. The molecule has 0 aromatic carbocycles. The van der Waals surface area contributed by atoms with Crippen LogP contribution >= 0.6 is 0 Å². The average Bonchev–Trinajstić information content (AvgIpc) is 1.78. The van der Waals surface area contributed by atoms with Crippen molar-refractivity contribution in [3.05, 3.63) is 0 Å². The lowest BCUT2D eigenvalue weighted by molar-refractivity contribution is 0.0385. The summed E-state index contributed by atoms with van der Waals surface area (Å²) in [5.41, 5.74) is -2.06. The Bertz CT molecular complexity index is 213. The number of hydrogen-bond donors (Lipinski definition) is 0. The fraction of sp³-hybridized carbons (Fsp3) is 1.00. The van der Waals surface area contributed by atoms with Gasteiger partial charge in [-0.1, -0.05) is 0 Å². The van der Waals surface area contributed by atoms with E-state index in [9.17, 15) is 17.2 Å². The quantitative estimate of drug-likeness (QED) is 0.505. The molecule has 0 bridgehead atoms. The van der Waals surface area contributed by atoms with Gasteiger partial charge in [0.1, 0.15) is 0 Å². The van der Waals surface area contributed by atoms with Crippen molar-refractivity contribution in [3.63, 3.8) is 0 Å². The molecule has 60 valence electrons. The first-order valence-corrected chi connectivity index (χ1v) is 4.20. The van der Waals surface area contributed by atoms with Crippen molar-refractivity contribution in [2.24, 2.45) is 0 Å². The third-order valence-electron chi connectivity index (χ3n) is 1.17. The molecule has 1 aliphatic rings. The van der Waals surface area contributed by atoms with Crippen LogP contribution in [0.3, 0.4) is 0 Å². The van der Waals surface area contributed by atoms with Crippen LogP contribution in [0.2, 0.25) is 0 Å². The zero-order valence-corrected chi connectivity index (χ0v) is 5.77. The Morgan fingerprint density at radius 1 is 1.30 bits per heavy atom. The Labute approximate surface area is 57.1 Å². The van der Waals surface area contributed by atoms with Gasteiger partial charge in [-0.2, -0.15) is 8.42 Å². The molecule has 1 fully saturated rings. The van der Waals surface area contributed by atoms with E-state index in [0.29, 0.717) is 0 Å². The third kappa shape index (κ3) is 1.43. The van der Waals surface area contributed by atoms with E-state index in [2.05, 4.69) is 4.18 Å². The lowest BCUT2D eigenvalue weighted by Gasteiger charge is -2.18. The second kappa shape index (κ2) is 2.43. The minimum Gasteiger partial charge on any atom is -0.231 e. The molecule has 6 heteroatoms. The van der Waals surface area contributed by atoms with Gasteiger partial charge >= 0.3 is 10.1 Å². The topological polar surface area (TPSA) is 43.4 Å². The largest absolute Gasteiger partial charge is 0.302 e. The zero-order valence-electron chi connectivity index (χ0n) is 4.96. The van der Waals surface area contributed by atoms with Gasteiger partial charge in [-0.15, -0.1) is 0 Å². The van der Waals surface area contributed by atoms with Gasteiger partial charge < -0.3 is 0 Å². The lowest BCUT2D eigenvalue weighted by atomic mass is 10.3. The van der Waals surface area contributed by atoms with Gasteiger partial charge in [0.05, 0.1) is 0 Å². The predicted octanol–water partition coefficient (Wildman–Crippen LogP) is 0.718. The molecule has 1 aliphatic heterocycles. The predicted molar refractivity (Wildman–Crippen MR) is 29.0 cm³/mol. The van der Waals surface area contributed by atoms with Gasteiger partial charge in [0.2, 0.25) is 11.9 Å². The van der Waals surface area contributed by atoms with Crippen LogP contribution in [-0.2, 0) is 14.3 Å². The number of alkyl halides is 2. The number of hydrogen-bond acceptors (Lipinski definition) is 3. The first-order valence-electron chi connectivity index (χ1n) is 2.72. The average molecular weight is 172 g/mol.